The SMILES string of the molecule is O=C(O)CCCCCCCc1nn(-c2ccccc2)c2c1CCC2. The van der Waals surface area contributed by atoms with Crippen LogP contribution in [-0.2, 0) is 24.1 Å². The molecule has 0 fully saturated rings. The van der Waals surface area contributed by atoms with Gasteiger partial charge in [0.25, 0.3) is 0 Å². The van der Waals surface area contributed by atoms with E-state index in [1.807, 2.05) is 6.07 Å². The normalized spacial score (nSPS) is 13.2. The van der Waals surface area contributed by atoms with E-state index in [9.17, 15) is 4.79 Å². The van der Waals surface area contributed by atoms with Gasteiger partial charge in [0.2, 0.25) is 0 Å². The van der Waals surface area contributed by atoms with Gasteiger partial charge in [-0.3, -0.25) is 4.79 Å². The lowest BCUT2D eigenvalue weighted by atomic mass is 10.1. The second-order valence-electron chi connectivity index (χ2n) is 6.63. The third kappa shape index (κ3) is 4.05. The molecule has 1 aromatic carbocycles. The molecule has 0 amide bonds. The van der Waals surface area contributed by atoms with Crippen molar-refractivity contribution in [3.05, 3.63) is 47.3 Å². The topological polar surface area (TPSA) is 55.1 Å². The Hall–Kier alpha value is -2.10. The summed E-state index contributed by atoms with van der Waals surface area (Å²) in [5.41, 5.74) is 5.31. The quantitative estimate of drug-likeness (QED) is 0.698. The van der Waals surface area contributed by atoms with E-state index in [-0.39, 0.29) is 0 Å². The third-order valence-electron chi connectivity index (χ3n) is 4.82. The largest absolute Gasteiger partial charge is 0.481 e. The molecule has 1 aromatic heterocycles. The Balaban J connectivity index is 1.54. The van der Waals surface area contributed by atoms with Crippen molar-refractivity contribution >= 4 is 5.97 Å². The number of nitrogens with zero attached hydrogens (tertiary/aromatic N) is 2. The zero-order valence-corrected chi connectivity index (χ0v) is 14.2. The van der Waals surface area contributed by atoms with Crippen LogP contribution in [0.5, 0.6) is 0 Å². The summed E-state index contributed by atoms with van der Waals surface area (Å²) in [6.07, 6.45) is 10.1. The monoisotopic (exact) mass is 326 g/mol. The highest BCUT2D eigenvalue weighted by Crippen LogP contribution is 2.28. The first-order valence-electron chi connectivity index (χ1n) is 9.12. The molecule has 4 heteroatoms. The van der Waals surface area contributed by atoms with Gasteiger partial charge in [-0.05, 0) is 56.2 Å². The molecule has 1 N–H and O–H groups in total. The summed E-state index contributed by atoms with van der Waals surface area (Å²) < 4.78 is 2.14. The molecule has 4 nitrogen and oxygen atoms in total. The summed E-state index contributed by atoms with van der Waals surface area (Å²) >= 11 is 0. The molecule has 0 aliphatic heterocycles. The van der Waals surface area contributed by atoms with E-state index in [1.54, 1.807) is 0 Å². The molecule has 128 valence electrons. The van der Waals surface area contributed by atoms with Gasteiger partial charge in [-0.25, -0.2) is 4.68 Å². The molecule has 0 bridgehead atoms. The van der Waals surface area contributed by atoms with E-state index in [0.717, 1.165) is 57.1 Å². The van der Waals surface area contributed by atoms with Crippen LogP contribution in [0.4, 0.5) is 0 Å². The van der Waals surface area contributed by atoms with Gasteiger partial charge in [0.15, 0.2) is 0 Å². The van der Waals surface area contributed by atoms with Gasteiger partial charge in [0.1, 0.15) is 0 Å². The molecule has 0 spiro atoms. The van der Waals surface area contributed by atoms with Crippen molar-refractivity contribution in [1.29, 1.82) is 0 Å². The molecular weight excluding hydrogens is 300 g/mol. The van der Waals surface area contributed by atoms with Crippen molar-refractivity contribution in [3.8, 4) is 5.69 Å². The van der Waals surface area contributed by atoms with Gasteiger partial charge in [0.05, 0.1) is 11.4 Å². The Bertz CT molecular complexity index is 676. The standard InChI is InChI=1S/C20H26N2O2/c23-20(24)15-8-3-1-2-7-13-18-17-12-9-14-19(17)22(21-18)16-10-5-4-6-11-16/h4-6,10-11H,1-3,7-9,12-15H2,(H,23,24). The van der Waals surface area contributed by atoms with Gasteiger partial charge in [-0.2, -0.15) is 5.10 Å². The molecular formula is C20H26N2O2. The van der Waals surface area contributed by atoms with E-state index < -0.39 is 5.97 Å². The average Bonchev–Trinajstić information content (AvgIpc) is 3.18. The van der Waals surface area contributed by atoms with Gasteiger partial charge in [0, 0.05) is 12.1 Å². The van der Waals surface area contributed by atoms with Crippen molar-refractivity contribution in [2.45, 2.75) is 64.2 Å². The molecule has 3 rings (SSSR count). The molecule has 1 aliphatic rings. The van der Waals surface area contributed by atoms with E-state index in [1.165, 1.54) is 23.4 Å². The van der Waals surface area contributed by atoms with Crippen LogP contribution < -0.4 is 0 Å². The summed E-state index contributed by atoms with van der Waals surface area (Å²) in [4.78, 5) is 10.5. The average molecular weight is 326 g/mol. The van der Waals surface area contributed by atoms with Gasteiger partial charge in [-0.1, -0.05) is 37.5 Å². The maximum absolute atomic E-state index is 10.5. The number of rotatable bonds is 9. The maximum atomic E-state index is 10.5. The fraction of sp³-hybridized carbons (Fsp3) is 0.500. The van der Waals surface area contributed by atoms with Gasteiger partial charge < -0.3 is 5.11 Å². The van der Waals surface area contributed by atoms with E-state index in [0.29, 0.717) is 6.42 Å². The second-order valence-corrected chi connectivity index (χ2v) is 6.63. The molecule has 0 saturated carbocycles. The first-order chi connectivity index (χ1) is 11.8. The smallest absolute Gasteiger partial charge is 0.303 e. The van der Waals surface area contributed by atoms with Gasteiger partial charge >= 0.3 is 5.97 Å². The van der Waals surface area contributed by atoms with Crippen LogP contribution in [0.1, 0.15) is 61.9 Å². The molecule has 0 unspecified atom stereocenters. The first kappa shape index (κ1) is 16.7. The Morgan fingerprint density at radius 1 is 1.04 bits per heavy atom. The van der Waals surface area contributed by atoms with Crippen LogP contribution >= 0.6 is 0 Å². The highest BCUT2D eigenvalue weighted by molar-refractivity contribution is 5.66. The third-order valence-corrected chi connectivity index (χ3v) is 4.82. The van der Waals surface area contributed by atoms with Crippen LogP contribution in [0.3, 0.4) is 0 Å². The van der Waals surface area contributed by atoms with E-state index in [2.05, 4.69) is 28.9 Å². The summed E-state index contributed by atoms with van der Waals surface area (Å²) in [7, 11) is 0. The molecule has 24 heavy (non-hydrogen) atoms. The lowest BCUT2D eigenvalue weighted by Crippen LogP contribution is -2.01. The van der Waals surface area contributed by atoms with Crippen molar-refractivity contribution in [2.24, 2.45) is 0 Å². The van der Waals surface area contributed by atoms with Crippen LogP contribution in [0.15, 0.2) is 30.3 Å². The first-order valence-corrected chi connectivity index (χ1v) is 9.12. The van der Waals surface area contributed by atoms with Crippen LogP contribution in [0.25, 0.3) is 5.69 Å². The fourth-order valence-electron chi connectivity index (χ4n) is 3.60. The van der Waals surface area contributed by atoms with E-state index >= 15 is 0 Å². The summed E-state index contributed by atoms with van der Waals surface area (Å²) in [5.74, 6) is -0.683. The molecule has 1 heterocycles. The molecule has 2 aromatic rings. The number of hydrogen-bond acceptors (Lipinski definition) is 2. The lowest BCUT2D eigenvalue weighted by molar-refractivity contribution is -0.137. The highest BCUT2D eigenvalue weighted by Gasteiger charge is 2.22. The number of para-hydroxylation sites is 1. The number of aryl methyl sites for hydroxylation is 1. The molecule has 0 saturated heterocycles. The molecule has 0 radical (unpaired) electrons. The van der Waals surface area contributed by atoms with Crippen molar-refractivity contribution in [2.75, 3.05) is 0 Å². The van der Waals surface area contributed by atoms with E-state index in [4.69, 9.17) is 10.2 Å². The zero-order valence-electron chi connectivity index (χ0n) is 14.2. The predicted molar refractivity (Wildman–Crippen MR) is 94.6 cm³/mol. The molecule has 0 atom stereocenters. The number of aromatic nitrogens is 2. The highest BCUT2D eigenvalue weighted by atomic mass is 16.4. The minimum atomic E-state index is -0.683. The Labute approximate surface area is 143 Å². The Morgan fingerprint density at radius 3 is 2.58 bits per heavy atom. The number of benzene rings is 1. The number of carboxylic acid groups (broad SMARTS) is 1. The van der Waals surface area contributed by atoms with Crippen LogP contribution in [0.2, 0.25) is 0 Å². The van der Waals surface area contributed by atoms with Crippen LogP contribution in [-0.4, -0.2) is 20.9 Å². The number of aliphatic carboxylic acids is 1. The predicted octanol–water partition coefficient (Wildman–Crippen LogP) is 4.33. The number of fused-ring (bicyclic) bond motifs is 1. The Kier molecular flexibility index (Phi) is 5.68. The Morgan fingerprint density at radius 2 is 1.79 bits per heavy atom. The maximum Gasteiger partial charge on any atom is 0.303 e. The van der Waals surface area contributed by atoms with Crippen molar-refractivity contribution in [3.63, 3.8) is 0 Å². The van der Waals surface area contributed by atoms with Crippen molar-refractivity contribution in [1.82, 2.24) is 9.78 Å². The number of carbonyl (C=O) groups is 1. The summed E-state index contributed by atoms with van der Waals surface area (Å²) in [6, 6.07) is 10.4. The summed E-state index contributed by atoms with van der Waals surface area (Å²) in [6.45, 7) is 0. The lowest BCUT2D eigenvalue weighted by Gasteiger charge is -2.04. The fourth-order valence-corrected chi connectivity index (χ4v) is 3.60. The molecule has 1 aliphatic carbocycles. The van der Waals surface area contributed by atoms with Crippen LogP contribution in [0, 0.1) is 0 Å². The zero-order chi connectivity index (χ0) is 16.8. The van der Waals surface area contributed by atoms with Crippen molar-refractivity contribution < 1.29 is 9.90 Å². The number of hydrogen-bond donors (Lipinski definition) is 1. The minimum Gasteiger partial charge on any atom is -0.481 e. The minimum absolute atomic E-state index is 0.301. The number of unbranched alkanes of at least 4 members (excludes halogenated alkanes) is 4. The summed E-state index contributed by atoms with van der Waals surface area (Å²) in [5, 5.41) is 13.5. The van der Waals surface area contributed by atoms with Gasteiger partial charge in [-0.15, -0.1) is 0 Å². The number of carboxylic acids is 1. The second kappa shape index (κ2) is 8.13.